The molecule has 0 aliphatic heterocycles. The van der Waals surface area contributed by atoms with Gasteiger partial charge in [-0.15, -0.1) is 0 Å². The van der Waals surface area contributed by atoms with Crippen molar-refractivity contribution in [1.29, 1.82) is 0 Å². The second-order valence-corrected chi connectivity index (χ2v) is 4.73. The van der Waals surface area contributed by atoms with Gasteiger partial charge in [0.25, 0.3) is 5.88 Å². The molecule has 0 unspecified atom stereocenters. The Morgan fingerprint density at radius 2 is 2.38 bits per heavy atom. The molecule has 1 aromatic heterocycles. The van der Waals surface area contributed by atoms with Crippen LogP contribution in [0.4, 0.5) is 5.69 Å². The maximum absolute atomic E-state index is 10.7. The summed E-state index contributed by atoms with van der Waals surface area (Å²) in [4.78, 5) is 14.2. The van der Waals surface area contributed by atoms with Gasteiger partial charge in [0, 0.05) is 16.7 Å². The largest absolute Gasteiger partial charge is 0.473 e. The topological polar surface area (TPSA) is 65.3 Å². The van der Waals surface area contributed by atoms with Crippen LogP contribution in [0.3, 0.4) is 0 Å². The monoisotopic (exact) mass is 286 g/mol. The normalized spacial score (nSPS) is 14.8. The maximum Gasteiger partial charge on any atom is 0.332 e. The van der Waals surface area contributed by atoms with E-state index in [-0.39, 0.29) is 11.6 Å². The molecule has 1 aliphatic carbocycles. The second-order valence-electron chi connectivity index (χ2n) is 3.82. The summed E-state index contributed by atoms with van der Waals surface area (Å²) in [7, 11) is 0. The minimum absolute atomic E-state index is 0.0924. The van der Waals surface area contributed by atoms with Crippen LogP contribution in [-0.2, 0) is 0 Å². The molecule has 1 aliphatic rings. The lowest BCUT2D eigenvalue weighted by molar-refractivity contribution is -0.386. The van der Waals surface area contributed by atoms with Gasteiger partial charge in [-0.3, -0.25) is 10.1 Å². The molecule has 1 saturated carbocycles. The van der Waals surface area contributed by atoms with E-state index in [2.05, 4.69) is 20.9 Å². The summed E-state index contributed by atoms with van der Waals surface area (Å²) in [5, 5.41) is 10.7. The average molecular weight is 287 g/mol. The summed E-state index contributed by atoms with van der Waals surface area (Å²) in [6.07, 6.45) is 4.95. The lowest BCUT2D eigenvalue weighted by Crippen LogP contribution is -2.03. The molecular weight excluding hydrogens is 276 g/mol. The van der Waals surface area contributed by atoms with Crippen molar-refractivity contribution in [3.8, 4) is 5.88 Å². The van der Waals surface area contributed by atoms with Crippen molar-refractivity contribution in [1.82, 2.24) is 4.98 Å². The molecule has 86 valence electrons. The Labute approximate surface area is 101 Å². The summed E-state index contributed by atoms with van der Waals surface area (Å²) < 4.78 is 5.91. The third-order valence-electron chi connectivity index (χ3n) is 2.46. The minimum atomic E-state index is -0.482. The first kappa shape index (κ1) is 11.3. The Morgan fingerprint density at radius 3 is 3.00 bits per heavy atom. The van der Waals surface area contributed by atoms with Crippen LogP contribution in [0.2, 0.25) is 0 Å². The van der Waals surface area contributed by atoms with E-state index in [1.807, 2.05) is 0 Å². The molecule has 0 amide bonds. The summed E-state index contributed by atoms with van der Waals surface area (Å²) in [5.41, 5.74) is -0.0924. The summed E-state index contributed by atoms with van der Waals surface area (Å²) >= 11 is 3.14. The third-order valence-corrected chi connectivity index (χ3v) is 2.89. The van der Waals surface area contributed by atoms with Crippen LogP contribution in [0.1, 0.15) is 19.3 Å². The van der Waals surface area contributed by atoms with Crippen molar-refractivity contribution < 1.29 is 9.66 Å². The average Bonchev–Trinajstić information content (AvgIpc) is 3.04. The zero-order valence-corrected chi connectivity index (χ0v) is 10.1. The van der Waals surface area contributed by atoms with Crippen LogP contribution in [0.25, 0.3) is 0 Å². The molecule has 16 heavy (non-hydrogen) atoms. The van der Waals surface area contributed by atoms with E-state index in [1.54, 1.807) is 0 Å². The SMILES string of the molecule is O=[N+]([O-])c1cc(Br)cnc1OCCC1CC1. The van der Waals surface area contributed by atoms with E-state index in [4.69, 9.17) is 4.74 Å². The molecule has 0 N–H and O–H groups in total. The predicted octanol–water partition coefficient (Wildman–Crippen LogP) is 2.93. The van der Waals surface area contributed by atoms with Gasteiger partial charge >= 0.3 is 5.69 Å². The van der Waals surface area contributed by atoms with E-state index >= 15 is 0 Å². The van der Waals surface area contributed by atoms with Gasteiger partial charge in [-0.1, -0.05) is 12.8 Å². The highest BCUT2D eigenvalue weighted by Gasteiger charge is 2.22. The van der Waals surface area contributed by atoms with Crippen LogP contribution >= 0.6 is 15.9 Å². The number of aromatic nitrogens is 1. The Hall–Kier alpha value is -1.17. The molecule has 1 heterocycles. The Balaban J connectivity index is 2.02. The first-order valence-corrected chi connectivity index (χ1v) is 5.89. The highest BCUT2D eigenvalue weighted by atomic mass is 79.9. The molecule has 1 aromatic rings. The first-order valence-electron chi connectivity index (χ1n) is 5.09. The zero-order valence-electron chi connectivity index (χ0n) is 8.56. The lowest BCUT2D eigenvalue weighted by atomic mass is 10.3. The first-order chi connectivity index (χ1) is 7.66. The van der Waals surface area contributed by atoms with E-state index in [9.17, 15) is 10.1 Å². The summed E-state index contributed by atoms with van der Waals surface area (Å²) in [6.45, 7) is 0.500. The van der Waals surface area contributed by atoms with Gasteiger partial charge in [-0.05, 0) is 28.3 Å². The van der Waals surface area contributed by atoms with Crippen molar-refractivity contribution in [2.45, 2.75) is 19.3 Å². The number of nitrogens with zero attached hydrogens (tertiary/aromatic N) is 2. The van der Waals surface area contributed by atoms with Crippen molar-refractivity contribution in [3.05, 3.63) is 26.9 Å². The van der Waals surface area contributed by atoms with Gasteiger partial charge < -0.3 is 4.74 Å². The van der Waals surface area contributed by atoms with Crippen LogP contribution in [0, 0.1) is 16.0 Å². The van der Waals surface area contributed by atoms with E-state index in [1.165, 1.54) is 25.1 Å². The molecular formula is C10H11BrN2O3. The van der Waals surface area contributed by atoms with Crippen molar-refractivity contribution in [2.24, 2.45) is 5.92 Å². The number of nitro groups is 1. The van der Waals surface area contributed by atoms with Crippen molar-refractivity contribution >= 4 is 21.6 Å². The molecule has 1 fully saturated rings. The molecule has 2 rings (SSSR count). The van der Waals surface area contributed by atoms with Crippen LogP contribution in [0.5, 0.6) is 5.88 Å². The molecule has 0 aromatic carbocycles. The number of halogens is 1. The van der Waals surface area contributed by atoms with Gasteiger partial charge in [0.15, 0.2) is 0 Å². The summed E-state index contributed by atoms with van der Waals surface area (Å²) in [6, 6.07) is 1.40. The Bertz CT molecular complexity index is 407. The Morgan fingerprint density at radius 1 is 1.62 bits per heavy atom. The standard InChI is InChI=1S/C10H11BrN2O3/c11-8-5-9(13(14)15)10(12-6-8)16-4-3-7-1-2-7/h5-7H,1-4H2. The fourth-order valence-electron chi connectivity index (χ4n) is 1.39. The number of ether oxygens (including phenoxy) is 1. The quantitative estimate of drug-likeness (QED) is 0.617. The molecule has 0 saturated heterocycles. The van der Waals surface area contributed by atoms with E-state index < -0.39 is 4.92 Å². The number of pyridine rings is 1. The molecule has 6 heteroatoms. The van der Waals surface area contributed by atoms with Gasteiger partial charge in [-0.25, -0.2) is 4.98 Å². The second kappa shape index (κ2) is 4.78. The minimum Gasteiger partial charge on any atom is -0.473 e. The van der Waals surface area contributed by atoms with Crippen LogP contribution in [-0.4, -0.2) is 16.5 Å². The number of hydrogen-bond donors (Lipinski definition) is 0. The molecule has 0 spiro atoms. The summed E-state index contributed by atoms with van der Waals surface area (Å²) in [5.74, 6) is 0.850. The lowest BCUT2D eigenvalue weighted by Gasteiger charge is -2.04. The maximum atomic E-state index is 10.7. The predicted molar refractivity (Wildman–Crippen MR) is 61.4 cm³/mol. The zero-order chi connectivity index (χ0) is 11.5. The number of rotatable bonds is 5. The molecule has 0 radical (unpaired) electrons. The highest BCUT2D eigenvalue weighted by molar-refractivity contribution is 9.10. The van der Waals surface area contributed by atoms with Crippen LogP contribution < -0.4 is 4.74 Å². The van der Waals surface area contributed by atoms with Gasteiger partial charge in [0.1, 0.15) is 0 Å². The fourth-order valence-corrected chi connectivity index (χ4v) is 1.71. The van der Waals surface area contributed by atoms with Gasteiger partial charge in [0.05, 0.1) is 11.5 Å². The smallest absolute Gasteiger partial charge is 0.332 e. The molecule has 0 atom stereocenters. The van der Waals surface area contributed by atoms with E-state index in [0.717, 1.165) is 12.3 Å². The van der Waals surface area contributed by atoms with E-state index in [0.29, 0.717) is 11.1 Å². The Kier molecular flexibility index (Phi) is 3.38. The van der Waals surface area contributed by atoms with Gasteiger partial charge in [0.2, 0.25) is 0 Å². The van der Waals surface area contributed by atoms with Crippen LogP contribution in [0.15, 0.2) is 16.7 Å². The third kappa shape index (κ3) is 2.91. The molecule has 5 nitrogen and oxygen atoms in total. The van der Waals surface area contributed by atoms with Gasteiger partial charge in [-0.2, -0.15) is 0 Å². The fraction of sp³-hybridized carbons (Fsp3) is 0.500. The van der Waals surface area contributed by atoms with Crippen molar-refractivity contribution in [2.75, 3.05) is 6.61 Å². The highest BCUT2D eigenvalue weighted by Crippen LogP contribution is 2.33. The molecule has 0 bridgehead atoms. The number of hydrogen-bond acceptors (Lipinski definition) is 4. The van der Waals surface area contributed by atoms with Crippen molar-refractivity contribution in [3.63, 3.8) is 0 Å².